The van der Waals surface area contributed by atoms with Crippen molar-refractivity contribution >= 4 is 11.8 Å². The van der Waals surface area contributed by atoms with Crippen LogP contribution >= 0.6 is 0 Å². The highest BCUT2D eigenvalue weighted by Crippen LogP contribution is 2.39. The molecule has 3 nitrogen and oxygen atoms in total. The number of benzene rings is 1. The van der Waals surface area contributed by atoms with Gasteiger partial charge in [-0.15, -0.1) is 0 Å². The lowest BCUT2D eigenvalue weighted by Crippen LogP contribution is -2.52. The average molecular weight is 267 g/mol. The molecule has 5 heteroatoms. The fraction of sp³-hybridized carbons (Fsp3) is 0.429. The van der Waals surface area contributed by atoms with Gasteiger partial charge in [-0.25, -0.2) is 8.78 Å². The van der Waals surface area contributed by atoms with Crippen molar-refractivity contribution < 1.29 is 18.4 Å². The smallest absolute Gasteiger partial charge is 0.260 e. The van der Waals surface area contributed by atoms with Gasteiger partial charge in [0.25, 0.3) is 5.91 Å². The average Bonchev–Trinajstić information content (AvgIpc) is 2.33. The van der Waals surface area contributed by atoms with Gasteiger partial charge in [-0.1, -0.05) is 17.7 Å². The van der Waals surface area contributed by atoms with Crippen molar-refractivity contribution in [3.05, 3.63) is 34.9 Å². The molecular formula is C14H15F2NO2. The second kappa shape index (κ2) is 4.40. The van der Waals surface area contributed by atoms with E-state index in [0.717, 1.165) is 10.5 Å². The molecule has 0 bridgehead atoms. The Labute approximate surface area is 110 Å². The van der Waals surface area contributed by atoms with Gasteiger partial charge in [-0.3, -0.25) is 14.5 Å². The van der Waals surface area contributed by atoms with Gasteiger partial charge in [0.2, 0.25) is 12.3 Å². The van der Waals surface area contributed by atoms with Crippen LogP contribution in [0.1, 0.15) is 34.8 Å². The van der Waals surface area contributed by atoms with Crippen LogP contribution in [-0.2, 0) is 10.2 Å². The van der Waals surface area contributed by atoms with Crippen molar-refractivity contribution in [2.45, 2.75) is 32.1 Å². The van der Waals surface area contributed by atoms with Gasteiger partial charge in [-0.05, 0) is 25.5 Å². The first-order valence-electron chi connectivity index (χ1n) is 5.99. The molecule has 0 N–H and O–H groups in total. The van der Waals surface area contributed by atoms with Crippen molar-refractivity contribution in [2.75, 3.05) is 7.05 Å². The number of imide groups is 1. The second-order valence-electron chi connectivity index (χ2n) is 5.15. The van der Waals surface area contributed by atoms with Crippen LogP contribution in [0.5, 0.6) is 0 Å². The summed E-state index contributed by atoms with van der Waals surface area (Å²) in [6.07, 6.45) is -3.19. The van der Waals surface area contributed by atoms with Crippen molar-refractivity contribution in [3.8, 4) is 0 Å². The van der Waals surface area contributed by atoms with Gasteiger partial charge in [0.15, 0.2) is 0 Å². The van der Waals surface area contributed by atoms with Crippen LogP contribution in [0.3, 0.4) is 0 Å². The topological polar surface area (TPSA) is 37.4 Å². The molecule has 0 radical (unpaired) electrons. The summed E-state index contributed by atoms with van der Waals surface area (Å²) in [4.78, 5) is 25.2. The van der Waals surface area contributed by atoms with E-state index in [1.807, 2.05) is 0 Å². The highest BCUT2D eigenvalue weighted by Gasteiger charge is 2.47. The number of hydrogen-bond acceptors (Lipinski definition) is 2. The number of carbonyl (C=O) groups is 2. The van der Waals surface area contributed by atoms with Gasteiger partial charge in [-0.2, -0.15) is 0 Å². The molecule has 1 aliphatic rings. The SMILES string of the molecule is Cc1ccc2c(c1)C(C)(CC(F)F)C(=O)N(C)C2=O. The first-order chi connectivity index (χ1) is 8.77. The van der Waals surface area contributed by atoms with Crippen LogP contribution < -0.4 is 0 Å². The summed E-state index contributed by atoms with van der Waals surface area (Å²) >= 11 is 0. The van der Waals surface area contributed by atoms with E-state index >= 15 is 0 Å². The maximum atomic E-state index is 12.8. The van der Waals surface area contributed by atoms with E-state index in [9.17, 15) is 18.4 Å². The largest absolute Gasteiger partial charge is 0.281 e. The van der Waals surface area contributed by atoms with Gasteiger partial charge in [0.05, 0.1) is 5.41 Å². The highest BCUT2D eigenvalue weighted by molar-refractivity contribution is 6.12. The lowest BCUT2D eigenvalue weighted by atomic mass is 9.73. The third-order valence-electron chi connectivity index (χ3n) is 3.64. The quantitative estimate of drug-likeness (QED) is 0.772. The molecule has 2 rings (SSSR count). The number of amides is 2. The van der Waals surface area contributed by atoms with Crippen LogP contribution in [-0.4, -0.2) is 30.2 Å². The molecule has 1 aromatic carbocycles. The maximum Gasteiger partial charge on any atom is 0.260 e. The van der Waals surface area contributed by atoms with Crippen molar-refractivity contribution in [3.63, 3.8) is 0 Å². The Bertz CT molecular complexity index is 556. The first kappa shape index (κ1) is 13.6. The molecule has 2 amide bonds. The third kappa shape index (κ3) is 2.03. The summed E-state index contributed by atoms with van der Waals surface area (Å²) in [7, 11) is 1.33. The van der Waals surface area contributed by atoms with E-state index in [2.05, 4.69) is 0 Å². The summed E-state index contributed by atoms with van der Waals surface area (Å²) in [5.41, 5.74) is 0.221. The predicted molar refractivity (Wildman–Crippen MR) is 66.3 cm³/mol. The molecule has 1 aliphatic heterocycles. The molecule has 0 saturated carbocycles. The van der Waals surface area contributed by atoms with E-state index in [4.69, 9.17) is 0 Å². The minimum Gasteiger partial charge on any atom is -0.281 e. The van der Waals surface area contributed by atoms with Crippen LogP contribution in [0.15, 0.2) is 18.2 Å². The number of alkyl halides is 2. The fourth-order valence-corrected chi connectivity index (χ4v) is 2.57. The minimum absolute atomic E-state index is 0.329. The molecular weight excluding hydrogens is 252 g/mol. The molecule has 0 aliphatic carbocycles. The highest BCUT2D eigenvalue weighted by atomic mass is 19.3. The zero-order valence-electron chi connectivity index (χ0n) is 11.0. The standard InChI is InChI=1S/C14H15F2NO2/c1-8-4-5-9-10(6-8)14(2,7-11(15)16)13(19)17(3)12(9)18/h4-6,11H,7H2,1-3H3. The Kier molecular flexibility index (Phi) is 3.16. The van der Waals surface area contributed by atoms with Crippen LogP contribution in [0.4, 0.5) is 8.78 Å². The zero-order chi connectivity index (χ0) is 14.4. The Morgan fingerprint density at radius 3 is 2.53 bits per heavy atom. The second-order valence-corrected chi connectivity index (χ2v) is 5.15. The number of aryl methyl sites for hydroxylation is 1. The van der Waals surface area contributed by atoms with Crippen LogP contribution in [0, 0.1) is 6.92 Å². The van der Waals surface area contributed by atoms with E-state index in [1.165, 1.54) is 14.0 Å². The summed E-state index contributed by atoms with van der Waals surface area (Å²) in [6.45, 7) is 3.28. The number of nitrogens with zero attached hydrogens (tertiary/aromatic N) is 1. The summed E-state index contributed by atoms with van der Waals surface area (Å²) < 4.78 is 25.6. The molecule has 19 heavy (non-hydrogen) atoms. The Morgan fingerprint density at radius 2 is 1.95 bits per heavy atom. The molecule has 1 aromatic rings. The number of fused-ring (bicyclic) bond motifs is 1. The van der Waals surface area contributed by atoms with Crippen LogP contribution in [0.2, 0.25) is 0 Å². The zero-order valence-corrected chi connectivity index (χ0v) is 11.0. The van der Waals surface area contributed by atoms with E-state index in [-0.39, 0.29) is 0 Å². The monoisotopic (exact) mass is 267 g/mol. The number of halogens is 2. The van der Waals surface area contributed by atoms with Crippen molar-refractivity contribution in [1.29, 1.82) is 0 Å². The lowest BCUT2D eigenvalue weighted by Gasteiger charge is -2.38. The van der Waals surface area contributed by atoms with E-state index in [1.54, 1.807) is 25.1 Å². The third-order valence-corrected chi connectivity index (χ3v) is 3.64. The normalized spacial score (nSPS) is 22.9. The van der Waals surface area contributed by atoms with Crippen molar-refractivity contribution in [1.82, 2.24) is 4.90 Å². The summed E-state index contributed by atoms with van der Waals surface area (Å²) in [5.74, 6) is -1.01. The van der Waals surface area contributed by atoms with E-state index < -0.39 is 30.1 Å². The Hall–Kier alpha value is -1.78. The number of carbonyl (C=O) groups excluding carboxylic acids is 2. The van der Waals surface area contributed by atoms with Gasteiger partial charge < -0.3 is 0 Å². The van der Waals surface area contributed by atoms with E-state index in [0.29, 0.717) is 11.1 Å². The Morgan fingerprint density at radius 1 is 1.32 bits per heavy atom. The van der Waals surface area contributed by atoms with Gasteiger partial charge in [0, 0.05) is 19.0 Å². The molecule has 1 unspecified atom stereocenters. The maximum absolute atomic E-state index is 12.8. The lowest BCUT2D eigenvalue weighted by molar-refractivity contribution is -0.135. The predicted octanol–water partition coefficient (Wildman–Crippen LogP) is 2.52. The number of hydrogen-bond donors (Lipinski definition) is 0. The van der Waals surface area contributed by atoms with Gasteiger partial charge in [0.1, 0.15) is 0 Å². The van der Waals surface area contributed by atoms with Crippen molar-refractivity contribution in [2.24, 2.45) is 0 Å². The molecule has 1 heterocycles. The van der Waals surface area contributed by atoms with Crippen LogP contribution in [0.25, 0.3) is 0 Å². The number of likely N-dealkylation sites (N-methyl/N-ethyl adjacent to an activating group) is 1. The minimum atomic E-state index is -2.61. The fourth-order valence-electron chi connectivity index (χ4n) is 2.57. The molecule has 0 spiro atoms. The summed E-state index contributed by atoms with van der Waals surface area (Å²) in [5, 5.41) is 0. The van der Waals surface area contributed by atoms with Gasteiger partial charge >= 0.3 is 0 Å². The molecule has 0 saturated heterocycles. The summed E-state index contributed by atoms with van der Waals surface area (Å²) in [6, 6.07) is 4.99. The molecule has 0 fully saturated rings. The molecule has 102 valence electrons. The Balaban J connectivity index is 2.67. The molecule has 0 aromatic heterocycles. The molecule has 1 atom stereocenters. The first-order valence-corrected chi connectivity index (χ1v) is 5.99. The number of rotatable bonds is 2.